The number of thiol groups is 1. The number of carbonyl (C=O) groups excluding carboxylic acids is 2. The van der Waals surface area contributed by atoms with Crippen molar-refractivity contribution in [2.24, 2.45) is 5.92 Å². The number of carbonyl (C=O) groups is 3. The maximum atomic E-state index is 13.1. The summed E-state index contributed by atoms with van der Waals surface area (Å²) in [7, 11) is 0. The highest BCUT2D eigenvalue weighted by molar-refractivity contribution is 7.80. The van der Waals surface area contributed by atoms with Gasteiger partial charge in [0.15, 0.2) is 31.5 Å². The minimum Gasteiger partial charge on any atom is -0.477 e. The van der Waals surface area contributed by atoms with Gasteiger partial charge in [-0.25, -0.2) is 4.79 Å². The summed E-state index contributed by atoms with van der Waals surface area (Å²) in [6.07, 6.45) is -54.2. The van der Waals surface area contributed by atoms with Crippen LogP contribution in [0.25, 0.3) is 0 Å². The van der Waals surface area contributed by atoms with Crippen molar-refractivity contribution in [2.45, 2.75) is 223 Å². The smallest absolute Gasteiger partial charge is 0.364 e. The van der Waals surface area contributed by atoms with E-state index in [0.717, 1.165) is 0 Å². The van der Waals surface area contributed by atoms with Gasteiger partial charge in [-0.1, -0.05) is 6.92 Å². The van der Waals surface area contributed by atoms with Gasteiger partial charge in [-0.3, -0.25) is 9.59 Å². The number of aliphatic hydroxyl groups excluding tert-OH is 19. The Morgan fingerprint density at radius 2 is 1.02 bits per heavy atom. The van der Waals surface area contributed by atoms with E-state index in [-0.39, 0.29) is 18.9 Å². The molecule has 12 unspecified atom stereocenters. The fraction of sp³-hybridized carbons (Fsp3) is 0.940. The Morgan fingerprint density at radius 1 is 0.557 bits per heavy atom. The predicted molar refractivity (Wildman–Crippen MR) is 282 cm³/mol. The van der Waals surface area contributed by atoms with E-state index in [1.807, 2.05) is 0 Å². The summed E-state index contributed by atoms with van der Waals surface area (Å²) in [5.41, 5.74) is 0. The molecule has 6 aliphatic rings. The zero-order valence-corrected chi connectivity index (χ0v) is 48.3. The first-order chi connectivity index (χ1) is 41.8. The first-order valence-electron chi connectivity index (χ1n) is 28.5. The minimum atomic E-state index is -3.23. The standard InChI is InChI=1S/C50H86N2O35S/c1-17-38(82-48-37(73)43(32(68)23(14-57)80-48)87-50(49(74)75)9-18(60)27(52-26(63)16-59)40(86-50)28(64)19(61)10-53)29(65)20(11-54)77-44(17)84-42-31(67)22(13-56)79-47(36(42)72)83-39-24(15-58)81-46(34(70)33(39)69)85-41-30(66)21(12-55)78-45(35(41)71)76-7-4-2-3-6-51-25(62)5-8-88/h17-24,27-48,53-61,64-73,88H,2-16H2,1H3,(H,51,62)(H,52,63)(H,74,75)/t17-,18+,19+,20?,21?,22?,23?,24?,27+,28+,29-,30-,31-,32-,33?,34-,35-,36?,37-,38?,39-,40?,41?,42-,43?,44-,45+,46-,47+,48-,50?/m0/s1. The van der Waals surface area contributed by atoms with E-state index in [1.54, 1.807) is 0 Å². The van der Waals surface area contributed by atoms with Gasteiger partial charge in [0.25, 0.3) is 5.79 Å². The first-order valence-corrected chi connectivity index (χ1v) is 29.1. The highest BCUT2D eigenvalue weighted by Crippen LogP contribution is 2.41. The van der Waals surface area contributed by atoms with Crippen LogP contribution in [0, 0.1) is 5.92 Å². The largest absolute Gasteiger partial charge is 0.477 e. The van der Waals surface area contributed by atoms with E-state index in [2.05, 4.69) is 23.3 Å². The molecule has 0 bridgehead atoms. The van der Waals surface area contributed by atoms with Crippen LogP contribution in [0.5, 0.6) is 0 Å². The summed E-state index contributed by atoms with van der Waals surface area (Å²) in [5.74, 6) is -7.66. The van der Waals surface area contributed by atoms with Crippen molar-refractivity contribution < 1.29 is 173 Å². The molecule has 0 aliphatic carbocycles. The Morgan fingerprint density at radius 3 is 1.56 bits per heavy atom. The Labute approximate surface area is 507 Å². The molecule has 6 fully saturated rings. The molecule has 0 radical (unpaired) electrons. The van der Waals surface area contributed by atoms with Crippen molar-refractivity contribution in [3.63, 3.8) is 0 Å². The second-order valence-corrected chi connectivity index (χ2v) is 22.5. The van der Waals surface area contributed by atoms with Gasteiger partial charge in [0.1, 0.15) is 135 Å². The lowest BCUT2D eigenvalue weighted by molar-refractivity contribution is -0.396. The molecule has 0 aromatic rings. The van der Waals surface area contributed by atoms with E-state index in [4.69, 9.17) is 56.8 Å². The van der Waals surface area contributed by atoms with Crippen LogP contribution in [0.3, 0.4) is 0 Å². The second kappa shape index (κ2) is 34.1. The van der Waals surface area contributed by atoms with E-state index in [1.165, 1.54) is 6.92 Å². The highest BCUT2D eigenvalue weighted by Gasteiger charge is 2.61. The second-order valence-electron chi connectivity index (χ2n) is 22.0. The molecule has 0 aromatic carbocycles. The van der Waals surface area contributed by atoms with Crippen molar-refractivity contribution in [3.8, 4) is 0 Å². The number of hydrogen-bond donors (Lipinski definition) is 23. The number of ether oxygens (including phenoxy) is 12. The average Bonchev–Trinajstić information content (AvgIpc) is 0.960. The van der Waals surface area contributed by atoms with E-state index in [0.29, 0.717) is 31.6 Å². The van der Waals surface area contributed by atoms with E-state index >= 15 is 0 Å². The van der Waals surface area contributed by atoms with Gasteiger partial charge in [-0.2, -0.15) is 12.6 Å². The van der Waals surface area contributed by atoms with Crippen molar-refractivity contribution in [3.05, 3.63) is 0 Å². The normalized spacial score (nSPS) is 44.0. The zero-order chi connectivity index (χ0) is 65.1. The lowest BCUT2D eigenvalue weighted by Gasteiger charge is -2.51. The molecule has 6 rings (SSSR count). The summed E-state index contributed by atoms with van der Waals surface area (Å²) in [5, 5.41) is 221. The van der Waals surface area contributed by atoms with Gasteiger partial charge in [0.05, 0.1) is 57.9 Å². The number of aliphatic carboxylic acids is 1. The summed E-state index contributed by atoms with van der Waals surface area (Å²) in [6, 6.07) is -1.80. The fourth-order valence-corrected chi connectivity index (χ4v) is 11.2. The fourth-order valence-electron chi connectivity index (χ4n) is 11.0. The summed E-state index contributed by atoms with van der Waals surface area (Å²) in [4.78, 5) is 36.9. The van der Waals surface area contributed by atoms with Crippen LogP contribution < -0.4 is 10.6 Å². The molecule has 6 heterocycles. The quantitative estimate of drug-likeness (QED) is 0.0235. The van der Waals surface area contributed by atoms with Crippen LogP contribution in [0.4, 0.5) is 0 Å². The molecule has 0 spiro atoms. The molecule has 88 heavy (non-hydrogen) atoms. The number of aliphatic hydroxyl groups is 19. The molecule has 6 aliphatic heterocycles. The van der Waals surface area contributed by atoms with Crippen LogP contribution in [-0.4, -0.2) is 369 Å². The average molecular weight is 1310 g/mol. The summed E-state index contributed by atoms with van der Waals surface area (Å²) >= 11 is 4.01. The van der Waals surface area contributed by atoms with E-state index in [9.17, 15) is 117 Å². The SMILES string of the molecule is C[C@H]1C(O[C@@H]2OC(CO)[C@H](O)C(OC3(C(=O)O)C[C@@H](O)[C@@H](NC(=O)CO)C([C@H](O)[C@H](O)CO)O3)[C@@H]2O)[C@@H](O)C(CO)O[C@H]1O[C@@H]1C(O)[C@@H](O[C@H]2C(CO)O[C@@H](OC3[C@@H](O)C(CO)O[C@@H](OCCCCCNC(=O)CCS)[C@H]3O)[C@@H](O)C2O)OC(CO)[C@@H]1O. The van der Waals surface area contributed by atoms with Crippen molar-refractivity contribution in [1.29, 1.82) is 0 Å². The number of amides is 2. The number of hydrogen-bond acceptors (Lipinski definition) is 35. The first kappa shape index (κ1) is 74.6. The number of rotatable bonds is 30. The van der Waals surface area contributed by atoms with Crippen LogP contribution >= 0.6 is 12.6 Å². The zero-order valence-electron chi connectivity index (χ0n) is 47.4. The molecule has 37 nitrogen and oxygen atoms in total. The molecule has 0 saturated carbocycles. The molecule has 38 heteroatoms. The Kier molecular flexibility index (Phi) is 28.9. The molecule has 31 atom stereocenters. The molecule has 512 valence electrons. The van der Waals surface area contributed by atoms with Crippen molar-refractivity contribution in [1.82, 2.24) is 10.6 Å². The van der Waals surface area contributed by atoms with Gasteiger partial charge in [0.2, 0.25) is 11.8 Å². The van der Waals surface area contributed by atoms with Crippen LogP contribution in [0.2, 0.25) is 0 Å². The van der Waals surface area contributed by atoms with Gasteiger partial charge in [0, 0.05) is 31.9 Å². The third-order valence-corrected chi connectivity index (χ3v) is 16.2. The Balaban J connectivity index is 1.15. The number of carboxylic acids is 1. The monoisotopic (exact) mass is 1310 g/mol. The molecule has 2 amide bonds. The van der Waals surface area contributed by atoms with Crippen LogP contribution in [0.15, 0.2) is 0 Å². The number of unbranched alkanes of at least 4 members (excludes halogenated alkanes) is 2. The maximum Gasteiger partial charge on any atom is 0.364 e. The third kappa shape index (κ3) is 17.3. The van der Waals surface area contributed by atoms with Gasteiger partial charge >= 0.3 is 5.97 Å². The molecule has 22 N–H and O–H groups in total. The summed E-state index contributed by atoms with van der Waals surface area (Å²) in [6.45, 7) is -5.66. The number of nitrogens with one attached hydrogen (secondary N) is 2. The van der Waals surface area contributed by atoms with Crippen LogP contribution in [-0.2, 0) is 71.2 Å². The lowest BCUT2D eigenvalue weighted by Crippen LogP contribution is -2.71. The third-order valence-electron chi connectivity index (χ3n) is 16.0. The molecule has 0 aromatic heterocycles. The minimum absolute atomic E-state index is 0.00392. The molecule has 6 saturated heterocycles. The lowest BCUT2D eigenvalue weighted by atomic mass is 9.88. The topological polar surface area (TPSA) is 591 Å². The van der Waals surface area contributed by atoms with Crippen LogP contribution in [0.1, 0.15) is 39.0 Å². The van der Waals surface area contributed by atoms with Gasteiger partial charge in [-0.15, -0.1) is 0 Å². The molecular weight excluding hydrogens is 1220 g/mol. The Hall–Kier alpha value is -2.48. The maximum absolute atomic E-state index is 13.1. The molecular formula is C50H86N2O35S. The predicted octanol–water partition coefficient (Wildman–Crippen LogP) is -12.9. The van der Waals surface area contributed by atoms with Gasteiger partial charge in [-0.05, 0) is 25.0 Å². The van der Waals surface area contributed by atoms with Gasteiger partial charge < -0.3 is 170 Å². The van der Waals surface area contributed by atoms with Crippen molar-refractivity contribution in [2.75, 3.05) is 65.2 Å². The van der Waals surface area contributed by atoms with Crippen molar-refractivity contribution >= 4 is 30.4 Å². The summed E-state index contributed by atoms with van der Waals surface area (Å²) < 4.78 is 69.1. The number of carboxylic acid groups (broad SMARTS) is 1. The van der Waals surface area contributed by atoms with E-state index < -0.39 is 254 Å². The highest BCUT2D eigenvalue weighted by atomic mass is 32.1. The Bertz CT molecular complexity index is 2140.